The van der Waals surface area contributed by atoms with Gasteiger partial charge in [-0.1, -0.05) is 30.3 Å². The van der Waals surface area contributed by atoms with Crippen LogP contribution in [0, 0.1) is 5.82 Å². The Kier molecular flexibility index (Phi) is 6.68. The number of hydrogen-bond acceptors (Lipinski definition) is 4. The molecule has 0 aliphatic carbocycles. The largest absolute Gasteiger partial charge is 0.416 e. The molecular weight excluding hydrogens is 437 g/mol. The highest BCUT2D eigenvalue weighted by atomic mass is 19.4. The van der Waals surface area contributed by atoms with E-state index < -0.39 is 48.3 Å². The van der Waals surface area contributed by atoms with Crippen LogP contribution in [0.5, 0.6) is 0 Å². The minimum Gasteiger partial charge on any atom is -0.382 e. The van der Waals surface area contributed by atoms with Crippen molar-refractivity contribution < 1.29 is 31.9 Å². The van der Waals surface area contributed by atoms with E-state index in [1.807, 2.05) is 5.32 Å². The lowest BCUT2D eigenvalue weighted by atomic mass is 10.1. The summed E-state index contributed by atoms with van der Waals surface area (Å²) >= 11 is 0. The van der Waals surface area contributed by atoms with E-state index >= 15 is 0 Å². The minimum absolute atomic E-state index is 0.0263. The van der Waals surface area contributed by atoms with Crippen LogP contribution in [0.15, 0.2) is 59.4 Å². The molecule has 32 heavy (non-hydrogen) atoms. The van der Waals surface area contributed by atoms with Gasteiger partial charge in [0.25, 0.3) is 11.5 Å². The van der Waals surface area contributed by atoms with Crippen molar-refractivity contribution in [1.29, 1.82) is 0 Å². The van der Waals surface area contributed by atoms with E-state index in [2.05, 4.69) is 5.10 Å². The van der Waals surface area contributed by atoms with E-state index in [0.717, 1.165) is 22.9 Å². The van der Waals surface area contributed by atoms with Crippen LogP contribution < -0.4 is 10.9 Å². The van der Waals surface area contributed by atoms with Crippen LogP contribution in [0.25, 0.3) is 16.9 Å². The van der Waals surface area contributed by atoms with Gasteiger partial charge in [-0.15, -0.1) is 0 Å². The zero-order valence-electron chi connectivity index (χ0n) is 16.2. The SMILES string of the molecule is O=C(NC[C@H](O)C(F)(F)F)c1cc(-c2ccc(CF)cc2)nn(-c2cccc(F)c2)c1=O. The standard InChI is InChI=1S/C21H16F5N3O3/c22-10-12-4-6-13(7-5-12)17-9-16(19(31)27-11-18(30)21(24,25)26)20(32)29(28-17)15-3-1-2-14(23)8-15/h1-9,18,30H,10-11H2,(H,27,31)/t18-/m0/s1. The van der Waals surface area contributed by atoms with E-state index in [1.165, 1.54) is 36.4 Å². The molecule has 3 rings (SSSR count). The first-order chi connectivity index (χ1) is 15.1. The second-order valence-electron chi connectivity index (χ2n) is 6.74. The third-order valence-electron chi connectivity index (χ3n) is 4.45. The van der Waals surface area contributed by atoms with Crippen LogP contribution in [-0.2, 0) is 6.67 Å². The van der Waals surface area contributed by atoms with Crippen LogP contribution in [0.2, 0.25) is 0 Å². The molecule has 1 aromatic heterocycles. The van der Waals surface area contributed by atoms with E-state index in [0.29, 0.717) is 11.1 Å². The molecule has 1 heterocycles. The summed E-state index contributed by atoms with van der Waals surface area (Å²) in [5, 5.41) is 15.1. The zero-order valence-corrected chi connectivity index (χ0v) is 16.2. The maximum Gasteiger partial charge on any atom is 0.416 e. The molecule has 0 spiro atoms. The lowest BCUT2D eigenvalue weighted by Gasteiger charge is -2.15. The summed E-state index contributed by atoms with van der Waals surface area (Å²) in [6.45, 7) is -1.89. The molecule has 0 unspecified atom stereocenters. The Hall–Kier alpha value is -3.60. The van der Waals surface area contributed by atoms with Gasteiger partial charge in [0, 0.05) is 5.56 Å². The zero-order chi connectivity index (χ0) is 23.5. The van der Waals surface area contributed by atoms with Gasteiger partial charge in [-0.05, 0) is 29.8 Å². The Balaban J connectivity index is 2.07. The Morgan fingerprint density at radius 3 is 2.41 bits per heavy atom. The number of amides is 1. The summed E-state index contributed by atoms with van der Waals surface area (Å²) in [4.78, 5) is 25.3. The number of aromatic nitrogens is 2. The van der Waals surface area contributed by atoms with Gasteiger partial charge in [0.05, 0.1) is 17.9 Å². The Bertz CT molecular complexity index is 1180. The lowest BCUT2D eigenvalue weighted by molar-refractivity contribution is -0.201. The number of nitrogens with one attached hydrogen (secondary N) is 1. The van der Waals surface area contributed by atoms with Crippen molar-refractivity contribution >= 4 is 5.91 Å². The number of hydrogen-bond donors (Lipinski definition) is 2. The first kappa shape index (κ1) is 23.1. The highest BCUT2D eigenvalue weighted by Crippen LogP contribution is 2.21. The van der Waals surface area contributed by atoms with E-state index in [9.17, 15) is 31.5 Å². The van der Waals surface area contributed by atoms with Gasteiger partial charge in [-0.25, -0.2) is 8.78 Å². The quantitative estimate of drug-likeness (QED) is 0.562. The maximum absolute atomic E-state index is 13.7. The van der Waals surface area contributed by atoms with Crippen LogP contribution in [0.1, 0.15) is 15.9 Å². The molecule has 6 nitrogen and oxygen atoms in total. The summed E-state index contributed by atoms with van der Waals surface area (Å²) in [5.41, 5.74) is -0.827. The molecule has 0 bridgehead atoms. The molecule has 0 aliphatic rings. The monoisotopic (exact) mass is 453 g/mol. The van der Waals surface area contributed by atoms with Crippen LogP contribution in [0.3, 0.4) is 0 Å². The highest BCUT2D eigenvalue weighted by Gasteiger charge is 2.38. The van der Waals surface area contributed by atoms with Crippen LogP contribution in [-0.4, -0.2) is 39.6 Å². The first-order valence-corrected chi connectivity index (χ1v) is 9.18. The fraction of sp³-hybridized carbons (Fsp3) is 0.190. The van der Waals surface area contributed by atoms with Gasteiger partial charge < -0.3 is 10.4 Å². The summed E-state index contributed by atoms with van der Waals surface area (Å²) in [5.74, 6) is -1.87. The Labute approximate surface area is 177 Å². The molecule has 1 amide bonds. The predicted octanol–water partition coefficient (Wildman–Crippen LogP) is 3.16. The van der Waals surface area contributed by atoms with Crippen molar-refractivity contribution in [2.45, 2.75) is 19.0 Å². The van der Waals surface area contributed by atoms with Gasteiger partial charge in [0.1, 0.15) is 18.1 Å². The lowest BCUT2D eigenvalue weighted by Crippen LogP contribution is -2.42. The third-order valence-corrected chi connectivity index (χ3v) is 4.45. The van der Waals surface area contributed by atoms with Crippen molar-refractivity contribution in [3.05, 3.63) is 81.9 Å². The molecule has 0 saturated carbocycles. The summed E-state index contributed by atoms with van der Waals surface area (Å²) in [6.07, 6.45) is -7.79. The normalized spacial score (nSPS) is 12.4. The van der Waals surface area contributed by atoms with E-state index in [-0.39, 0.29) is 11.4 Å². The molecule has 0 aliphatic heterocycles. The van der Waals surface area contributed by atoms with Gasteiger partial charge in [-0.2, -0.15) is 23.0 Å². The molecule has 0 radical (unpaired) electrons. The number of nitrogens with zero attached hydrogens (tertiary/aromatic N) is 2. The van der Waals surface area contributed by atoms with Crippen molar-refractivity contribution in [3.63, 3.8) is 0 Å². The molecule has 2 aromatic carbocycles. The number of alkyl halides is 4. The number of halogens is 5. The first-order valence-electron chi connectivity index (χ1n) is 9.18. The van der Waals surface area contributed by atoms with E-state index in [1.54, 1.807) is 0 Å². The molecule has 2 N–H and O–H groups in total. The molecule has 0 saturated heterocycles. The fourth-order valence-electron chi connectivity index (χ4n) is 2.75. The number of carbonyl (C=O) groups is 1. The molecule has 0 fully saturated rings. The van der Waals surface area contributed by atoms with Gasteiger partial charge in [-0.3, -0.25) is 9.59 Å². The number of aliphatic hydroxyl groups excluding tert-OH is 1. The number of rotatable bonds is 6. The van der Waals surface area contributed by atoms with Gasteiger partial charge in [0.2, 0.25) is 0 Å². The molecule has 168 valence electrons. The van der Waals surface area contributed by atoms with E-state index in [4.69, 9.17) is 5.11 Å². The Morgan fingerprint density at radius 1 is 1.12 bits per heavy atom. The van der Waals surface area contributed by atoms with Crippen molar-refractivity contribution in [2.24, 2.45) is 0 Å². The maximum atomic E-state index is 13.7. The van der Waals surface area contributed by atoms with Crippen LogP contribution >= 0.6 is 0 Å². The number of carbonyl (C=O) groups excluding carboxylic acids is 1. The third kappa shape index (κ3) is 5.17. The fourth-order valence-corrected chi connectivity index (χ4v) is 2.75. The molecular formula is C21H16F5N3O3. The second-order valence-corrected chi connectivity index (χ2v) is 6.74. The summed E-state index contributed by atoms with van der Waals surface area (Å²) < 4.78 is 64.7. The number of benzene rings is 2. The van der Waals surface area contributed by atoms with Crippen LogP contribution in [0.4, 0.5) is 22.0 Å². The average Bonchev–Trinajstić information content (AvgIpc) is 2.76. The minimum atomic E-state index is -4.96. The van der Waals surface area contributed by atoms with Gasteiger partial charge in [0.15, 0.2) is 6.10 Å². The Morgan fingerprint density at radius 2 is 1.81 bits per heavy atom. The van der Waals surface area contributed by atoms with Crippen molar-refractivity contribution in [3.8, 4) is 16.9 Å². The predicted molar refractivity (Wildman–Crippen MR) is 104 cm³/mol. The number of aliphatic hydroxyl groups is 1. The average molecular weight is 453 g/mol. The molecule has 11 heteroatoms. The van der Waals surface area contributed by atoms with Crippen molar-refractivity contribution in [2.75, 3.05) is 6.54 Å². The molecule has 3 aromatic rings. The molecule has 1 atom stereocenters. The topological polar surface area (TPSA) is 84.2 Å². The summed E-state index contributed by atoms with van der Waals surface area (Å²) in [7, 11) is 0. The smallest absolute Gasteiger partial charge is 0.382 e. The highest BCUT2D eigenvalue weighted by molar-refractivity contribution is 5.94. The second kappa shape index (κ2) is 9.27. The van der Waals surface area contributed by atoms with Crippen molar-refractivity contribution in [1.82, 2.24) is 15.1 Å². The van der Waals surface area contributed by atoms with Gasteiger partial charge >= 0.3 is 6.18 Å². The summed E-state index contributed by atoms with van der Waals surface area (Å²) in [6, 6.07) is 11.7.